The highest BCUT2D eigenvalue weighted by molar-refractivity contribution is 5.62. The van der Waals surface area contributed by atoms with Gasteiger partial charge in [-0.2, -0.15) is 0 Å². The van der Waals surface area contributed by atoms with E-state index in [0.717, 1.165) is 24.3 Å². The number of hydrogen-bond acceptors (Lipinski definition) is 4. The van der Waals surface area contributed by atoms with Gasteiger partial charge in [0.15, 0.2) is 5.82 Å². The van der Waals surface area contributed by atoms with Crippen LogP contribution in [0.15, 0.2) is 43.0 Å². The molecule has 0 unspecified atom stereocenters. The van der Waals surface area contributed by atoms with E-state index in [1.165, 1.54) is 17.5 Å². The Balaban J connectivity index is 1.72. The van der Waals surface area contributed by atoms with Crippen LogP contribution >= 0.6 is 0 Å². The van der Waals surface area contributed by atoms with E-state index in [1.54, 1.807) is 12.5 Å². The van der Waals surface area contributed by atoms with Gasteiger partial charge < -0.3 is 5.32 Å². The maximum Gasteiger partial charge on any atom is 0.203 e. The smallest absolute Gasteiger partial charge is 0.203 e. The minimum absolute atomic E-state index is 0.301. The van der Waals surface area contributed by atoms with Crippen LogP contribution in [0.3, 0.4) is 0 Å². The molecular weight excluding hydrogens is 250 g/mol. The SMILES string of the molecule is c1ccc2c(c1)CCC[C@H]2Nc1nccn2cnnc12. The van der Waals surface area contributed by atoms with Crippen LogP contribution in [0.1, 0.15) is 30.0 Å². The van der Waals surface area contributed by atoms with Gasteiger partial charge in [0.2, 0.25) is 5.65 Å². The molecule has 0 amide bonds. The molecule has 2 heterocycles. The maximum absolute atomic E-state index is 4.41. The Morgan fingerprint density at radius 3 is 3.20 bits per heavy atom. The van der Waals surface area contributed by atoms with Crippen molar-refractivity contribution >= 4 is 11.5 Å². The lowest BCUT2D eigenvalue weighted by Gasteiger charge is -2.26. The number of benzene rings is 1. The van der Waals surface area contributed by atoms with Crippen LogP contribution in [0.4, 0.5) is 5.82 Å². The van der Waals surface area contributed by atoms with Crippen LogP contribution in [-0.2, 0) is 6.42 Å². The lowest BCUT2D eigenvalue weighted by molar-refractivity contribution is 0.599. The van der Waals surface area contributed by atoms with Crippen LogP contribution in [0.5, 0.6) is 0 Å². The number of aromatic nitrogens is 4. The first-order valence-electron chi connectivity index (χ1n) is 6.90. The molecule has 0 radical (unpaired) electrons. The van der Waals surface area contributed by atoms with Gasteiger partial charge in [-0.15, -0.1) is 10.2 Å². The second kappa shape index (κ2) is 4.59. The standard InChI is InChI=1S/C15H15N5/c1-2-6-12-11(4-1)5-3-7-13(12)18-14-15-19-17-10-20(15)9-8-16-14/h1-2,4,6,8-10,13H,3,5,7H2,(H,16,18)/t13-/m1/s1. The molecule has 1 aromatic carbocycles. The fourth-order valence-electron chi connectivity index (χ4n) is 2.93. The fourth-order valence-corrected chi connectivity index (χ4v) is 2.93. The molecule has 0 saturated carbocycles. The van der Waals surface area contributed by atoms with Crippen molar-refractivity contribution in [2.24, 2.45) is 0 Å². The van der Waals surface area contributed by atoms with Crippen molar-refractivity contribution in [2.45, 2.75) is 25.3 Å². The Kier molecular flexibility index (Phi) is 2.62. The maximum atomic E-state index is 4.41. The number of rotatable bonds is 2. The zero-order chi connectivity index (χ0) is 13.4. The molecule has 100 valence electrons. The molecule has 0 saturated heterocycles. The highest BCUT2D eigenvalue weighted by Crippen LogP contribution is 2.32. The highest BCUT2D eigenvalue weighted by Gasteiger charge is 2.20. The molecule has 2 aromatic heterocycles. The molecule has 0 fully saturated rings. The quantitative estimate of drug-likeness (QED) is 0.774. The molecular formula is C15H15N5. The third kappa shape index (κ3) is 1.82. The van der Waals surface area contributed by atoms with Gasteiger partial charge in [0.25, 0.3) is 0 Å². The van der Waals surface area contributed by atoms with Crippen molar-refractivity contribution in [1.29, 1.82) is 0 Å². The summed E-state index contributed by atoms with van der Waals surface area (Å²) in [5.74, 6) is 0.798. The van der Waals surface area contributed by atoms with Gasteiger partial charge in [-0.05, 0) is 30.4 Å². The van der Waals surface area contributed by atoms with Gasteiger partial charge in [-0.25, -0.2) is 4.98 Å². The zero-order valence-corrected chi connectivity index (χ0v) is 11.0. The molecule has 0 bridgehead atoms. The predicted octanol–water partition coefficient (Wildman–Crippen LogP) is 2.61. The van der Waals surface area contributed by atoms with Crippen LogP contribution in [0.25, 0.3) is 5.65 Å². The Labute approximate surface area is 116 Å². The molecule has 3 aromatic rings. The van der Waals surface area contributed by atoms with Gasteiger partial charge in [-0.3, -0.25) is 4.40 Å². The van der Waals surface area contributed by atoms with E-state index in [-0.39, 0.29) is 0 Å². The minimum atomic E-state index is 0.301. The Bertz CT molecular complexity index is 749. The van der Waals surface area contributed by atoms with E-state index in [2.05, 4.69) is 44.8 Å². The van der Waals surface area contributed by atoms with Gasteiger partial charge >= 0.3 is 0 Å². The highest BCUT2D eigenvalue weighted by atomic mass is 15.2. The molecule has 1 aliphatic carbocycles. The summed E-state index contributed by atoms with van der Waals surface area (Å²) in [5, 5.41) is 11.6. The lowest BCUT2D eigenvalue weighted by atomic mass is 9.88. The van der Waals surface area contributed by atoms with E-state index < -0.39 is 0 Å². The Hall–Kier alpha value is -2.43. The van der Waals surface area contributed by atoms with Gasteiger partial charge in [-0.1, -0.05) is 24.3 Å². The summed E-state index contributed by atoms with van der Waals surface area (Å²) in [5.41, 5.74) is 3.59. The van der Waals surface area contributed by atoms with Crippen LogP contribution in [-0.4, -0.2) is 19.6 Å². The van der Waals surface area contributed by atoms with Crippen molar-refractivity contribution in [3.05, 3.63) is 54.1 Å². The lowest BCUT2D eigenvalue weighted by Crippen LogP contribution is -2.18. The van der Waals surface area contributed by atoms with Crippen molar-refractivity contribution in [3.8, 4) is 0 Å². The number of nitrogens with zero attached hydrogens (tertiary/aromatic N) is 4. The minimum Gasteiger partial charge on any atom is -0.360 e. The van der Waals surface area contributed by atoms with E-state index in [0.29, 0.717) is 6.04 Å². The average molecular weight is 265 g/mol. The molecule has 1 atom stereocenters. The number of nitrogens with one attached hydrogen (secondary N) is 1. The summed E-state index contributed by atoms with van der Waals surface area (Å²) >= 11 is 0. The predicted molar refractivity (Wildman–Crippen MR) is 76.5 cm³/mol. The molecule has 4 rings (SSSR count). The first-order valence-corrected chi connectivity index (χ1v) is 6.90. The second-order valence-corrected chi connectivity index (χ2v) is 5.13. The van der Waals surface area contributed by atoms with Crippen LogP contribution < -0.4 is 5.32 Å². The van der Waals surface area contributed by atoms with Crippen LogP contribution in [0, 0.1) is 0 Å². The zero-order valence-electron chi connectivity index (χ0n) is 11.0. The third-order valence-electron chi connectivity index (χ3n) is 3.90. The summed E-state index contributed by atoms with van der Waals surface area (Å²) in [4.78, 5) is 4.41. The van der Waals surface area contributed by atoms with E-state index in [1.807, 2.05) is 10.6 Å². The fraction of sp³-hybridized carbons (Fsp3) is 0.267. The summed E-state index contributed by atoms with van der Waals surface area (Å²) in [6.07, 6.45) is 8.80. The largest absolute Gasteiger partial charge is 0.360 e. The summed E-state index contributed by atoms with van der Waals surface area (Å²) < 4.78 is 1.88. The van der Waals surface area contributed by atoms with E-state index in [9.17, 15) is 0 Å². The molecule has 0 aliphatic heterocycles. The van der Waals surface area contributed by atoms with Crippen molar-refractivity contribution < 1.29 is 0 Å². The van der Waals surface area contributed by atoms with Crippen LogP contribution in [0.2, 0.25) is 0 Å². The summed E-state index contributed by atoms with van der Waals surface area (Å²) in [6, 6.07) is 8.93. The number of aryl methyl sites for hydroxylation is 1. The molecule has 20 heavy (non-hydrogen) atoms. The molecule has 5 nitrogen and oxygen atoms in total. The number of fused-ring (bicyclic) bond motifs is 2. The topological polar surface area (TPSA) is 55.1 Å². The van der Waals surface area contributed by atoms with Crippen molar-refractivity contribution in [3.63, 3.8) is 0 Å². The first kappa shape index (κ1) is 11.4. The molecule has 1 aliphatic rings. The normalized spacial score (nSPS) is 17.9. The second-order valence-electron chi connectivity index (χ2n) is 5.13. The third-order valence-corrected chi connectivity index (χ3v) is 3.90. The molecule has 5 heteroatoms. The summed E-state index contributed by atoms with van der Waals surface area (Å²) in [6.45, 7) is 0. The van der Waals surface area contributed by atoms with Crippen molar-refractivity contribution in [1.82, 2.24) is 19.6 Å². The average Bonchev–Trinajstić information content (AvgIpc) is 2.97. The summed E-state index contributed by atoms with van der Waals surface area (Å²) in [7, 11) is 0. The van der Waals surface area contributed by atoms with E-state index >= 15 is 0 Å². The first-order chi connectivity index (χ1) is 9.92. The van der Waals surface area contributed by atoms with Gasteiger partial charge in [0, 0.05) is 12.4 Å². The Morgan fingerprint density at radius 1 is 1.25 bits per heavy atom. The number of anilines is 1. The monoisotopic (exact) mass is 265 g/mol. The van der Waals surface area contributed by atoms with Gasteiger partial charge in [0.1, 0.15) is 6.33 Å². The van der Waals surface area contributed by atoms with Crippen molar-refractivity contribution in [2.75, 3.05) is 5.32 Å². The molecule has 0 spiro atoms. The Morgan fingerprint density at radius 2 is 2.20 bits per heavy atom. The number of hydrogen-bond donors (Lipinski definition) is 1. The molecule has 1 N–H and O–H groups in total. The van der Waals surface area contributed by atoms with Gasteiger partial charge in [0.05, 0.1) is 6.04 Å². The van der Waals surface area contributed by atoms with E-state index in [4.69, 9.17) is 0 Å².